The summed E-state index contributed by atoms with van der Waals surface area (Å²) < 4.78 is 0. The highest BCUT2D eigenvalue weighted by atomic mass is 16.3. The van der Waals surface area contributed by atoms with E-state index in [4.69, 9.17) is 0 Å². The van der Waals surface area contributed by atoms with Gasteiger partial charge in [0.25, 0.3) is 0 Å². The molecule has 0 aliphatic heterocycles. The number of phenolic OH excluding ortho intramolecular Hbond substituents is 2. The second-order valence-corrected chi connectivity index (χ2v) is 8.66. The predicted octanol–water partition coefficient (Wildman–Crippen LogP) is 7.48. The minimum atomic E-state index is -0.410. The lowest BCUT2D eigenvalue weighted by Gasteiger charge is -2.33. The van der Waals surface area contributed by atoms with Crippen molar-refractivity contribution in [2.75, 3.05) is 0 Å². The Morgan fingerprint density at radius 1 is 0.667 bits per heavy atom. The van der Waals surface area contributed by atoms with Crippen LogP contribution in [0.1, 0.15) is 87.1 Å². The van der Waals surface area contributed by atoms with Crippen LogP contribution < -0.4 is 0 Å². The van der Waals surface area contributed by atoms with Crippen LogP contribution in [0.25, 0.3) is 0 Å². The van der Waals surface area contributed by atoms with Crippen LogP contribution >= 0.6 is 0 Å². The van der Waals surface area contributed by atoms with E-state index >= 15 is 0 Å². The lowest BCUT2D eigenvalue weighted by atomic mass is 9.69. The Bertz CT molecular complexity index is 931. The molecule has 0 aliphatic rings. The van der Waals surface area contributed by atoms with E-state index in [-0.39, 0.29) is 11.8 Å². The quantitative estimate of drug-likeness (QED) is 0.402. The summed E-state index contributed by atoms with van der Waals surface area (Å²) >= 11 is 0. The molecule has 3 rings (SSSR count). The van der Waals surface area contributed by atoms with Crippen LogP contribution in [0.3, 0.4) is 0 Å². The van der Waals surface area contributed by atoms with Gasteiger partial charge in [-0.15, -0.1) is 0 Å². The molecule has 0 saturated carbocycles. The van der Waals surface area contributed by atoms with Crippen molar-refractivity contribution in [3.05, 3.63) is 94.5 Å². The number of hydrogen-bond donors (Lipinski definition) is 2. The van der Waals surface area contributed by atoms with Gasteiger partial charge in [0.2, 0.25) is 0 Å². The van der Waals surface area contributed by atoms with E-state index in [1.807, 2.05) is 30.3 Å². The van der Waals surface area contributed by atoms with Crippen molar-refractivity contribution in [2.45, 2.75) is 64.7 Å². The van der Waals surface area contributed by atoms with Crippen LogP contribution in [0.5, 0.6) is 11.5 Å². The van der Waals surface area contributed by atoms with Gasteiger partial charge in [0.05, 0.1) is 0 Å². The average molecular weight is 403 g/mol. The predicted molar refractivity (Wildman–Crippen MR) is 126 cm³/mol. The molecule has 2 nitrogen and oxygen atoms in total. The molecule has 2 atom stereocenters. The van der Waals surface area contributed by atoms with Gasteiger partial charge < -0.3 is 10.2 Å². The zero-order valence-electron chi connectivity index (χ0n) is 18.8. The lowest BCUT2D eigenvalue weighted by Crippen LogP contribution is -2.26. The van der Waals surface area contributed by atoms with Gasteiger partial charge in [0, 0.05) is 5.41 Å². The standard InChI is InChI=1S/C28H34O2/c1-6-19(3)24-17-22(13-15-26(24)29)28(5,21-11-9-8-10-12-21)23-14-16-27(30)25(18-23)20(4)7-2/h8-20,29-30H,6-7H2,1-5H3. The summed E-state index contributed by atoms with van der Waals surface area (Å²) in [5, 5.41) is 21.0. The molecule has 0 aromatic heterocycles. The Balaban J connectivity index is 2.28. The molecule has 0 amide bonds. The van der Waals surface area contributed by atoms with Gasteiger partial charge in [0.15, 0.2) is 0 Å². The summed E-state index contributed by atoms with van der Waals surface area (Å²) in [6, 6.07) is 22.5. The first-order valence-corrected chi connectivity index (χ1v) is 11.0. The number of rotatable bonds is 7. The molecule has 0 spiro atoms. The average Bonchev–Trinajstić information content (AvgIpc) is 2.78. The molecular formula is C28H34O2. The van der Waals surface area contributed by atoms with Gasteiger partial charge in [-0.2, -0.15) is 0 Å². The molecule has 3 aromatic rings. The third-order valence-corrected chi connectivity index (χ3v) is 6.85. The molecule has 0 heterocycles. The van der Waals surface area contributed by atoms with E-state index in [1.54, 1.807) is 0 Å². The summed E-state index contributed by atoms with van der Waals surface area (Å²) in [5.74, 6) is 1.27. The molecule has 158 valence electrons. The first-order chi connectivity index (χ1) is 14.3. The van der Waals surface area contributed by atoms with Crippen molar-refractivity contribution in [3.63, 3.8) is 0 Å². The van der Waals surface area contributed by atoms with Crippen LogP contribution in [0.15, 0.2) is 66.7 Å². The number of aromatic hydroxyl groups is 2. The summed E-state index contributed by atoms with van der Waals surface area (Å²) in [5.41, 5.74) is 5.03. The van der Waals surface area contributed by atoms with Gasteiger partial charge >= 0.3 is 0 Å². The maximum absolute atomic E-state index is 10.5. The molecule has 2 N–H and O–H groups in total. The minimum absolute atomic E-state index is 0.278. The van der Waals surface area contributed by atoms with Crippen molar-refractivity contribution < 1.29 is 10.2 Å². The molecule has 3 aromatic carbocycles. The Hall–Kier alpha value is -2.74. The summed E-state index contributed by atoms with van der Waals surface area (Å²) in [4.78, 5) is 0. The third-order valence-electron chi connectivity index (χ3n) is 6.85. The normalized spacial score (nSPS) is 15.4. The van der Waals surface area contributed by atoms with Crippen LogP contribution in [-0.4, -0.2) is 10.2 Å². The number of phenols is 2. The van der Waals surface area contributed by atoms with Crippen LogP contribution in [0, 0.1) is 0 Å². The smallest absolute Gasteiger partial charge is 0.119 e. The molecule has 2 heteroatoms. The summed E-state index contributed by atoms with van der Waals surface area (Å²) in [6.07, 6.45) is 1.94. The maximum atomic E-state index is 10.5. The van der Waals surface area contributed by atoms with E-state index in [0.29, 0.717) is 11.5 Å². The number of hydrogen-bond acceptors (Lipinski definition) is 2. The Morgan fingerprint density at radius 3 is 1.50 bits per heavy atom. The van der Waals surface area contributed by atoms with E-state index in [1.165, 1.54) is 5.56 Å². The van der Waals surface area contributed by atoms with Crippen molar-refractivity contribution in [3.8, 4) is 11.5 Å². The van der Waals surface area contributed by atoms with Gasteiger partial charge in [-0.05, 0) is 71.6 Å². The zero-order chi connectivity index (χ0) is 21.9. The molecule has 0 bridgehead atoms. The largest absolute Gasteiger partial charge is 0.508 e. The highest BCUT2D eigenvalue weighted by Crippen LogP contribution is 2.43. The topological polar surface area (TPSA) is 40.5 Å². The number of benzene rings is 3. The van der Waals surface area contributed by atoms with Crippen molar-refractivity contribution >= 4 is 0 Å². The van der Waals surface area contributed by atoms with Gasteiger partial charge in [-0.25, -0.2) is 0 Å². The molecule has 0 aliphatic carbocycles. The second kappa shape index (κ2) is 8.95. The van der Waals surface area contributed by atoms with Gasteiger partial charge in [-0.1, -0.05) is 82.3 Å². The van der Waals surface area contributed by atoms with Crippen LogP contribution in [-0.2, 0) is 5.41 Å². The van der Waals surface area contributed by atoms with Crippen molar-refractivity contribution in [1.82, 2.24) is 0 Å². The Kier molecular flexibility index (Phi) is 6.55. The highest BCUT2D eigenvalue weighted by molar-refractivity contribution is 5.54. The fraction of sp³-hybridized carbons (Fsp3) is 0.357. The van der Waals surface area contributed by atoms with Crippen LogP contribution in [0.4, 0.5) is 0 Å². The molecule has 0 fully saturated rings. The molecular weight excluding hydrogens is 368 g/mol. The maximum Gasteiger partial charge on any atom is 0.119 e. The first kappa shape index (κ1) is 22.0. The Labute approximate surface area is 181 Å². The van der Waals surface area contributed by atoms with Gasteiger partial charge in [-0.3, -0.25) is 0 Å². The van der Waals surface area contributed by atoms with Crippen LogP contribution in [0.2, 0.25) is 0 Å². The summed E-state index contributed by atoms with van der Waals surface area (Å²) in [6.45, 7) is 10.8. The lowest BCUT2D eigenvalue weighted by molar-refractivity contribution is 0.460. The van der Waals surface area contributed by atoms with E-state index in [0.717, 1.165) is 35.1 Å². The highest BCUT2D eigenvalue weighted by Gasteiger charge is 2.33. The van der Waals surface area contributed by atoms with E-state index in [9.17, 15) is 10.2 Å². The van der Waals surface area contributed by atoms with E-state index in [2.05, 4.69) is 71.0 Å². The van der Waals surface area contributed by atoms with Gasteiger partial charge in [0.1, 0.15) is 11.5 Å². The SMILES string of the molecule is CCC(C)c1cc(C(C)(c2ccccc2)c2ccc(O)c(C(C)CC)c2)ccc1O. The van der Waals surface area contributed by atoms with Crippen molar-refractivity contribution in [2.24, 2.45) is 0 Å². The molecule has 30 heavy (non-hydrogen) atoms. The minimum Gasteiger partial charge on any atom is -0.508 e. The second-order valence-electron chi connectivity index (χ2n) is 8.66. The monoisotopic (exact) mass is 402 g/mol. The molecule has 2 unspecified atom stereocenters. The fourth-order valence-electron chi connectivity index (χ4n) is 4.23. The third kappa shape index (κ3) is 3.96. The zero-order valence-corrected chi connectivity index (χ0v) is 18.8. The molecule has 0 radical (unpaired) electrons. The van der Waals surface area contributed by atoms with E-state index < -0.39 is 5.41 Å². The Morgan fingerprint density at radius 2 is 1.10 bits per heavy atom. The van der Waals surface area contributed by atoms with Crippen molar-refractivity contribution in [1.29, 1.82) is 0 Å². The fourth-order valence-corrected chi connectivity index (χ4v) is 4.23. The molecule has 0 saturated heterocycles. The first-order valence-electron chi connectivity index (χ1n) is 11.0. The summed E-state index contributed by atoms with van der Waals surface area (Å²) in [7, 11) is 0.